The molecule has 0 aliphatic heterocycles. The Morgan fingerprint density at radius 1 is 0.316 bits per heavy atom. The number of para-hydroxylation sites is 1. The molecule has 57 heavy (non-hydrogen) atoms. The van der Waals surface area contributed by atoms with Gasteiger partial charge < -0.3 is 9.80 Å². The average Bonchev–Trinajstić information content (AvgIpc) is 3.49. The van der Waals surface area contributed by atoms with Crippen molar-refractivity contribution >= 4 is 67.8 Å². The van der Waals surface area contributed by atoms with Gasteiger partial charge in [0.05, 0.1) is 0 Å². The summed E-state index contributed by atoms with van der Waals surface area (Å²) in [6.45, 7) is 4.68. The van der Waals surface area contributed by atoms with Gasteiger partial charge in [-0.05, 0) is 128 Å². The third kappa shape index (κ3) is 6.36. The molecule has 0 radical (unpaired) electrons. The highest BCUT2D eigenvalue weighted by Gasteiger charge is 2.35. The molecule has 0 spiro atoms. The first-order chi connectivity index (χ1) is 28.0. The lowest BCUT2D eigenvalue weighted by Crippen LogP contribution is -2.16. The Morgan fingerprint density at radius 3 is 1.30 bits per heavy atom. The van der Waals surface area contributed by atoms with E-state index in [1.807, 2.05) is 0 Å². The van der Waals surface area contributed by atoms with Crippen LogP contribution in [-0.2, 0) is 5.41 Å². The third-order valence-electron chi connectivity index (χ3n) is 11.6. The predicted octanol–water partition coefficient (Wildman–Crippen LogP) is 15.4. The van der Waals surface area contributed by atoms with Crippen LogP contribution in [0, 0.1) is 0 Å². The van der Waals surface area contributed by atoms with Crippen molar-refractivity contribution in [3.63, 3.8) is 0 Å². The predicted molar refractivity (Wildman–Crippen MR) is 244 cm³/mol. The van der Waals surface area contributed by atoms with Crippen molar-refractivity contribution in [1.82, 2.24) is 0 Å². The fourth-order valence-electron chi connectivity index (χ4n) is 8.60. The van der Waals surface area contributed by atoms with Gasteiger partial charge in [-0.25, -0.2) is 0 Å². The van der Waals surface area contributed by atoms with Gasteiger partial charge in [0, 0.05) is 39.5 Å². The molecular formula is C55H42N2. The number of rotatable bonds is 8. The van der Waals surface area contributed by atoms with E-state index in [1.165, 1.54) is 43.8 Å². The standard InChI is InChI=1S/C55H42N2/c1-55(2)53-19-11-10-18-51(53)52-35-34-50(38-54(52)55)56(45-16-4-3-5-17-45)46-28-22-39(23-29-46)20-21-40-24-30-47(31-25-40)57(48-32-26-41-12-6-8-14-43(41)36-48)49-33-27-42-13-7-9-15-44(42)37-49/h3-38H,1-2H3/b21-20+. The van der Waals surface area contributed by atoms with Crippen molar-refractivity contribution in [3.05, 3.63) is 229 Å². The Balaban J connectivity index is 0.939. The Labute approximate surface area is 335 Å². The second kappa shape index (κ2) is 14.2. The van der Waals surface area contributed by atoms with Gasteiger partial charge in [-0.2, -0.15) is 0 Å². The minimum atomic E-state index is -0.0672. The summed E-state index contributed by atoms with van der Waals surface area (Å²) in [6.07, 6.45) is 4.40. The molecule has 10 rings (SSSR count). The van der Waals surface area contributed by atoms with Crippen LogP contribution in [-0.4, -0.2) is 0 Å². The first kappa shape index (κ1) is 34.3. The van der Waals surface area contributed by atoms with Crippen molar-refractivity contribution in [2.75, 3.05) is 9.80 Å². The van der Waals surface area contributed by atoms with Gasteiger partial charge in [-0.1, -0.05) is 159 Å². The van der Waals surface area contributed by atoms with Gasteiger partial charge in [-0.15, -0.1) is 0 Å². The van der Waals surface area contributed by atoms with E-state index in [0.717, 1.165) is 45.3 Å². The minimum Gasteiger partial charge on any atom is -0.310 e. The minimum absolute atomic E-state index is 0.0672. The van der Waals surface area contributed by atoms with E-state index in [-0.39, 0.29) is 5.41 Å². The lowest BCUT2D eigenvalue weighted by atomic mass is 9.82. The van der Waals surface area contributed by atoms with E-state index < -0.39 is 0 Å². The lowest BCUT2D eigenvalue weighted by Gasteiger charge is -2.28. The highest BCUT2D eigenvalue weighted by atomic mass is 15.1. The maximum absolute atomic E-state index is 2.39. The molecule has 0 saturated heterocycles. The molecule has 0 fully saturated rings. The lowest BCUT2D eigenvalue weighted by molar-refractivity contribution is 0.660. The monoisotopic (exact) mass is 730 g/mol. The molecule has 272 valence electrons. The quantitative estimate of drug-likeness (QED) is 0.144. The van der Waals surface area contributed by atoms with E-state index in [4.69, 9.17) is 0 Å². The van der Waals surface area contributed by atoms with Crippen molar-refractivity contribution in [2.45, 2.75) is 19.3 Å². The fraction of sp³-hybridized carbons (Fsp3) is 0.0545. The van der Waals surface area contributed by atoms with Crippen LogP contribution in [0.5, 0.6) is 0 Å². The van der Waals surface area contributed by atoms with E-state index in [9.17, 15) is 0 Å². The van der Waals surface area contributed by atoms with Crippen molar-refractivity contribution in [2.24, 2.45) is 0 Å². The number of nitrogens with zero attached hydrogens (tertiary/aromatic N) is 2. The SMILES string of the molecule is CC1(C)c2ccccc2-c2ccc(N(c3ccccc3)c3ccc(/C=C/c4ccc(N(c5ccc6ccccc6c5)c5ccc6ccccc6c5)cc4)cc3)cc21. The van der Waals surface area contributed by atoms with Gasteiger partial charge in [-0.3, -0.25) is 0 Å². The molecule has 0 bridgehead atoms. The molecule has 0 unspecified atom stereocenters. The zero-order chi connectivity index (χ0) is 38.3. The molecule has 2 nitrogen and oxygen atoms in total. The summed E-state index contributed by atoms with van der Waals surface area (Å²) in [5, 5.41) is 4.92. The molecule has 0 amide bonds. The van der Waals surface area contributed by atoms with Crippen LogP contribution in [0.3, 0.4) is 0 Å². The van der Waals surface area contributed by atoms with Crippen LogP contribution in [0.4, 0.5) is 34.1 Å². The van der Waals surface area contributed by atoms with Crippen molar-refractivity contribution in [1.29, 1.82) is 0 Å². The molecule has 0 heterocycles. The smallest absolute Gasteiger partial charge is 0.0468 e. The number of benzene rings is 9. The maximum atomic E-state index is 2.39. The summed E-state index contributed by atoms with van der Waals surface area (Å²) in [4.78, 5) is 4.72. The Kier molecular flexibility index (Phi) is 8.53. The van der Waals surface area contributed by atoms with Crippen LogP contribution in [0.1, 0.15) is 36.1 Å². The number of hydrogen-bond donors (Lipinski definition) is 0. The van der Waals surface area contributed by atoms with E-state index >= 15 is 0 Å². The second-order valence-electron chi connectivity index (χ2n) is 15.5. The molecule has 9 aromatic rings. The first-order valence-electron chi connectivity index (χ1n) is 19.8. The molecule has 0 N–H and O–H groups in total. The molecule has 9 aromatic carbocycles. The largest absolute Gasteiger partial charge is 0.310 e. The molecule has 0 saturated carbocycles. The summed E-state index contributed by atoms with van der Waals surface area (Å²) in [7, 11) is 0. The molecule has 2 heteroatoms. The number of fused-ring (bicyclic) bond motifs is 5. The Morgan fingerprint density at radius 2 is 0.719 bits per heavy atom. The topological polar surface area (TPSA) is 6.48 Å². The van der Waals surface area contributed by atoms with Gasteiger partial charge in [0.25, 0.3) is 0 Å². The summed E-state index contributed by atoms with van der Waals surface area (Å²) < 4.78 is 0. The highest BCUT2D eigenvalue weighted by Crippen LogP contribution is 2.50. The molecule has 1 aliphatic carbocycles. The highest BCUT2D eigenvalue weighted by molar-refractivity contribution is 5.93. The van der Waals surface area contributed by atoms with Crippen LogP contribution in [0.15, 0.2) is 206 Å². The molecule has 0 aromatic heterocycles. The molecular weight excluding hydrogens is 689 g/mol. The van der Waals surface area contributed by atoms with Gasteiger partial charge >= 0.3 is 0 Å². The summed E-state index contributed by atoms with van der Waals surface area (Å²) in [5.41, 5.74) is 14.4. The number of anilines is 6. The normalized spacial score (nSPS) is 12.8. The van der Waals surface area contributed by atoms with E-state index in [1.54, 1.807) is 0 Å². The maximum Gasteiger partial charge on any atom is 0.0468 e. The van der Waals surface area contributed by atoms with Gasteiger partial charge in [0.15, 0.2) is 0 Å². The van der Waals surface area contributed by atoms with E-state index in [0.29, 0.717) is 0 Å². The third-order valence-corrected chi connectivity index (χ3v) is 11.6. The van der Waals surface area contributed by atoms with Crippen LogP contribution < -0.4 is 9.80 Å². The molecule has 0 atom stereocenters. The fourth-order valence-corrected chi connectivity index (χ4v) is 8.60. The van der Waals surface area contributed by atoms with Crippen molar-refractivity contribution in [3.8, 4) is 11.1 Å². The zero-order valence-electron chi connectivity index (χ0n) is 32.2. The van der Waals surface area contributed by atoms with E-state index in [2.05, 4.69) is 242 Å². The summed E-state index contributed by atoms with van der Waals surface area (Å²) in [6, 6.07) is 74.8. The summed E-state index contributed by atoms with van der Waals surface area (Å²) in [5.74, 6) is 0. The summed E-state index contributed by atoms with van der Waals surface area (Å²) >= 11 is 0. The molecule has 1 aliphatic rings. The van der Waals surface area contributed by atoms with Crippen LogP contribution >= 0.6 is 0 Å². The van der Waals surface area contributed by atoms with Crippen molar-refractivity contribution < 1.29 is 0 Å². The van der Waals surface area contributed by atoms with Gasteiger partial charge in [0.1, 0.15) is 0 Å². The Hall–Kier alpha value is -7.16. The zero-order valence-corrected chi connectivity index (χ0v) is 32.2. The Bertz CT molecular complexity index is 2840. The first-order valence-corrected chi connectivity index (χ1v) is 19.8. The van der Waals surface area contributed by atoms with Gasteiger partial charge in [0.2, 0.25) is 0 Å². The number of hydrogen-bond acceptors (Lipinski definition) is 2. The van der Waals surface area contributed by atoms with Crippen LogP contribution in [0.2, 0.25) is 0 Å². The second-order valence-corrected chi connectivity index (χ2v) is 15.5. The van der Waals surface area contributed by atoms with Crippen LogP contribution in [0.25, 0.3) is 44.8 Å². The average molecular weight is 731 g/mol.